The van der Waals surface area contributed by atoms with E-state index in [1.165, 1.54) is 27.5 Å². The van der Waals surface area contributed by atoms with Crippen molar-refractivity contribution >= 4 is 24.0 Å². The third-order valence-corrected chi connectivity index (χ3v) is 9.37. The largest absolute Gasteiger partial charge is 0.472 e. The van der Waals surface area contributed by atoms with Crippen LogP contribution in [0.1, 0.15) is 29.2 Å². The normalized spacial score (nSPS) is 19.6. The van der Waals surface area contributed by atoms with Gasteiger partial charge in [-0.3, -0.25) is 0 Å². The summed E-state index contributed by atoms with van der Waals surface area (Å²) in [5, 5.41) is 4.36. The summed E-state index contributed by atoms with van der Waals surface area (Å²) in [4.78, 5) is 0. The zero-order valence-electron chi connectivity index (χ0n) is 14.1. The second-order valence-corrected chi connectivity index (χ2v) is 11.6. The van der Waals surface area contributed by atoms with Crippen molar-refractivity contribution in [3.8, 4) is 0 Å². The van der Waals surface area contributed by atoms with Gasteiger partial charge in [-0.25, -0.2) is 0 Å². The van der Waals surface area contributed by atoms with Gasteiger partial charge in [-0.15, -0.1) is 40.6 Å². The van der Waals surface area contributed by atoms with Gasteiger partial charge in [0.15, 0.2) is 0 Å². The van der Waals surface area contributed by atoms with Crippen molar-refractivity contribution in [1.82, 2.24) is 0 Å². The molecule has 3 aliphatic rings. The SMILES string of the molecule is CC1=C2c3cocc3C1[Si]2(C)C.Cc1cc2ccccc2[cH-]1.[Zr]. The molecular formula is C20H21OSiZr-. The van der Waals surface area contributed by atoms with Gasteiger partial charge in [-0.05, 0) is 12.1 Å². The van der Waals surface area contributed by atoms with Gasteiger partial charge in [-0.2, -0.15) is 6.07 Å². The van der Waals surface area contributed by atoms with Crippen LogP contribution < -0.4 is 0 Å². The van der Waals surface area contributed by atoms with Gasteiger partial charge in [0.25, 0.3) is 0 Å². The Kier molecular flexibility index (Phi) is 4.23. The molecule has 2 aromatic carbocycles. The van der Waals surface area contributed by atoms with Gasteiger partial charge < -0.3 is 4.42 Å². The van der Waals surface area contributed by atoms with Crippen LogP contribution in [-0.4, -0.2) is 8.07 Å². The van der Waals surface area contributed by atoms with Crippen LogP contribution in [0.25, 0.3) is 16.0 Å². The molecule has 0 N–H and O–H groups in total. The first kappa shape index (κ1) is 16.8. The molecule has 0 amide bonds. The van der Waals surface area contributed by atoms with E-state index < -0.39 is 8.07 Å². The number of rotatable bonds is 0. The maximum atomic E-state index is 5.22. The van der Waals surface area contributed by atoms with E-state index in [1.807, 2.05) is 12.5 Å². The van der Waals surface area contributed by atoms with Crippen LogP contribution in [0.3, 0.4) is 0 Å². The van der Waals surface area contributed by atoms with E-state index in [9.17, 15) is 0 Å². The molecule has 0 saturated carbocycles. The Balaban J connectivity index is 0.000000132. The van der Waals surface area contributed by atoms with Gasteiger partial charge in [-0.1, -0.05) is 31.7 Å². The molecule has 2 aliphatic heterocycles. The smallest absolute Gasteiger partial charge is 0.0976 e. The minimum absolute atomic E-state index is 0. The molecule has 1 aliphatic carbocycles. The summed E-state index contributed by atoms with van der Waals surface area (Å²) < 4.78 is 5.22. The fraction of sp³-hybridized carbons (Fsp3) is 0.250. The van der Waals surface area contributed by atoms with E-state index in [1.54, 1.807) is 10.8 Å². The predicted octanol–water partition coefficient (Wildman–Crippen LogP) is 5.82. The molecule has 0 spiro atoms. The summed E-state index contributed by atoms with van der Waals surface area (Å²) >= 11 is 0. The van der Waals surface area contributed by atoms with Crippen LogP contribution >= 0.6 is 0 Å². The first-order valence-electron chi connectivity index (χ1n) is 7.90. The molecule has 116 valence electrons. The van der Waals surface area contributed by atoms with Crippen molar-refractivity contribution < 1.29 is 30.6 Å². The zero-order chi connectivity index (χ0) is 15.5. The average Bonchev–Trinajstić information content (AvgIpc) is 3.13. The number of allylic oxidation sites excluding steroid dienone is 1. The summed E-state index contributed by atoms with van der Waals surface area (Å²) in [5.41, 5.74) is 6.64. The minimum Gasteiger partial charge on any atom is -0.472 e. The molecule has 2 bridgehead atoms. The number of furan rings is 1. The molecule has 1 nitrogen and oxygen atoms in total. The molecule has 3 heteroatoms. The van der Waals surface area contributed by atoms with Crippen LogP contribution in [0.5, 0.6) is 0 Å². The van der Waals surface area contributed by atoms with Crippen LogP contribution in [0.4, 0.5) is 0 Å². The van der Waals surface area contributed by atoms with E-state index in [2.05, 4.69) is 63.3 Å². The Morgan fingerprint density at radius 3 is 2.48 bits per heavy atom. The maximum Gasteiger partial charge on any atom is 0.0976 e. The third kappa shape index (κ3) is 2.40. The number of hydrogen-bond donors (Lipinski definition) is 0. The van der Waals surface area contributed by atoms with Crippen LogP contribution in [0.15, 0.2) is 58.9 Å². The molecule has 1 aromatic heterocycles. The quantitative estimate of drug-likeness (QED) is 0.345. The van der Waals surface area contributed by atoms with Crippen molar-refractivity contribution in [2.24, 2.45) is 0 Å². The molecule has 3 aromatic rings. The predicted molar refractivity (Wildman–Crippen MR) is 95.8 cm³/mol. The zero-order valence-corrected chi connectivity index (χ0v) is 17.6. The molecule has 0 fully saturated rings. The van der Waals surface area contributed by atoms with E-state index >= 15 is 0 Å². The molecule has 6 rings (SSSR count). The second kappa shape index (κ2) is 5.79. The fourth-order valence-electron chi connectivity index (χ4n) is 4.48. The Morgan fingerprint density at radius 1 is 1.09 bits per heavy atom. The minimum atomic E-state index is -1.04. The van der Waals surface area contributed by atoms with Gasteiger partial charge in [0.2, 0.25) is 0 Å². The van der Waals surface area contributed by atoms with Gasteiger partial charge in [0, 0.05) is 42.9 Å². The van der Waals surface area contributed by atoms with Crippen molar-refractivity contribution in [2.75, 3.05) is 0 Å². The van der Waals surface area contributed by atoms with Crippen LogP contribution in [0.2, 0.25) is 13.1 Å². The molecule has 0 radical (unpaired) electrons. The topological polar surface area (TPSA) is 13.1 Å². The summed E-state index contributed by atoms with van der Waals surface area (Å²) in [7, 11) is -1.04. The monoisotopic (exact) mass is 395 g/mol. The summed E-state index contributed by atoms with van der Waals surface area (Å²) in [6.07, 6.45) is 3.87. The van der Waals surface area contributed by atoms with E-state index in [0.29, 0.717) is 0 Å². The summed E-state index contributed by atoms with van der Waals surface area (Å²) in [6.45, 7) is 9.32. The Bertz CT molecular complexity index is 864. The molecule has 23 heavy (non-hydrogen) atoms. The molecule has 0 saturated heterocycles. The Morgan fingerprint density at radius 2 is 1.83 bits per heavy atom. The first-order valence-corrected chi connectivity index (χ1v) is 11.0. The molecule has 1 atom stereocenters. The van der Waals surface area contributed by atoms with E-state index in [-0.39, 0.29) is 26.2 Å². The second-order valence-electron chi connectivity index (χ2n) is 7.12. The number of aryl methyl sites for hydroxylation is 1. The van der Waals surface area contributed by atoms with Crippen molar-refractivity contribution in [2.45, 2.75) is 32.5 Å². The standard InChI is InChI=1S/C10H12OSi.C10H9.Zr/c1-6-9-7-4-11-5-8(7)10(6)12(9,2)3;1-8-6-9-4-2-3-5-10(9)7-8;/h4-5,9H,1-3H3;2-7H,1H3;/q;-1;. The van der Waals surface area contributed by atoms with Crippen LogP contribution in [0, 0.1) is 6.92 Å². The van der Waals surface area contributed by atoms with E-state index in [0.717, 1.165) is 5.54 Å². The van der Waals surface area contributed by atoms with Crippen molar-refractivity contribution in [3.05, 3.63) is 71.2 Å². The van der Waals surface area contributed by atoms with Gasteiger partial charge in [0.05, 0.1) is 20.6 Å². The van der Waals surface area contributed by atoms with Crippen molar-refractivity contribution in [3.63, 3.8) is 0 Å². The third-order valence-electron chi connectivity index (χ3n) is 5.23. The van der Waals surface area contributed by atoms with Crippen LogP contribution in [-0.2, 0) is 26.2 Å². The molecular weight excluding hydrogens is 376 g/mol. The number of benzene rings is 1. The summed E-state index contributed by atoms with van der Waals surface area (Å²) in [5.74, 6) is 0. The summed E-state index contributed by atoms with van der Waals surface area (Å²) in [6, 6.07) is 12.8. The number of fused-ring (bicyclic) bond motifs is 1. The fourth-order valence-corrected chi connectivity index (χ4v) is 8.83. The maximum absolute atomic E-state index is 5.22. The van der Waals surface area contributed by atoms with Gasteiger partial charge >= 0.3 is 0 Å². The first-order chi connectivity index (χ1) is 10.5. The number of hydrogen-bond acceptors (Lipinski definition) is 1. The Hall–Kier alpha value is -1.05. The van der Waals surface area contributed by atoms with Crippen molar-refractivity contribution in [1.29, 1.82) is 0 Å². The Labute approximate surface area is 157 Å². The molecule has 3 heterocycles. The average molecular weight is 397 g/mol. The van der Waals surface area contributed by atoms with Gasteiger partial charge in [0.1, 0.15) is 0 Å². The van der Waals surface area contributed by atoms with E-state index in [4.69, 9.17) is 4.42 Å². The molecule has 1 unspecified atom stereocenters.